The van der Waals surface area contributed by atoms with Crippen LogP contribution in [0.3, 0.4) is 0 Å². The fourth-order valence-corrected chi connectivity index (χ4v) is 5.73. The standard InChI is InChI=1S/C17H28N2O/c1-19(16(20)9-15(18)12-2-3-12)17-13-5-10-4-11(7-13)8-14(17)6-10/h10-15,17H,2-9,18H2,1H3. The van der Waals surface area contributed by atoms with Gasteiger partial charge in [-0.25, -0.2) is 0 Å². The van der Waals surface area contributed by atoms with E-state index in [0.717, 1.165) is 23.7 Å². The van der Waals surface area contributed by atoms with Crippen molar-refractivity contribution in [3.05, 3.63) is 0 Å². The second kappa shape index (κ2) is 4.72. The van der Waals surface area contributed by atoms with Gasteiger partial charge in [-0.2, -0.15) is 0 Å². The average Bonchev–Trinajstić information content (AvgIpc) is 3.21. The molecule has 3 heteroatoms. The molecule has 0 radical (unpaired) electrons. The molecule has 0 saturated heterocycles. The van der Waals surface area contributed by atoms with Gasteiger partial charge in [0.05, 0.1) is 0 Å². The third-order valence-electron chi connectivity index (χ3n) is 6.66. The topological polar surface area (TPSA) is 46.3 Å². The van der Waals surface area contributed by atoms with Gasteiger partial charge in [0, 0.05) is 25.6 Å². The molecular weight excluding hydrogens is 248 g/mol. The Morgan fingerprint density at radius 1 is 1.10 bits per heavy atom. The SMILES string of the molecule is CN(C(=O)CC(N)C1CC1)C1C2CC3CC(C2)CC1C3. The fourth-order valence-electron chi connectivity index (χ4n) is 5.73. The molecule has 5 aliphatic rings. The highest BCUT2D eigenvalue weighted by Crippen LogP contribution is 2.55. The number of hydrogen-bond acceptors (Lipinski definition) is 2. The van der Waals surface area contributed by atoms with Crippen molar-refractivity contribution in [1.29, 1.82) is 0 Å². The fraction of sp³-hybridized carbons (Fsp3) is 0.941. The number of carbonyl (C=O) groups is 1. The summed E-state index contributed by atoms with van der Waals surface area (Å²) in [5.41, 5.74) is 6.14. The molecule has 5 saturated carbocycles. The van der Waals surface area contributed by atoms with Crippen LogP contribution < -0.4 is 5.73 Å². The highest BCUT2D eigenvalue weighted by atomic mass is 16.2. The summed E-state index contributed by atoms with van der Waals surface area (Å²) in [4.78, 5) is 14.7. The van der Waals surface area contributed by atoms with Gasteiger partial charge in [-0.05, 0) is 74.5 Å². The van der Waals surface area contributed by atoms with Crippen molar-refractivity contribution < 1.29 is 4.79 Å². The van der Waals surface area contributed by atoms with Crippen LogP contribution in [0.4, 0.5) is 0 Å². The van der Waals surface area contributed by atoms with E-state index in [1.165, 1.54) is 44.9 Å². The van der Waals surface area contributed by atoms with E-state index in [9.17, 15) is 4.79 Å². The molecule has 0 aliphatic heterocycles. The molecule has 2 N–H and O–H groups in total. The summed E-state index contributed by atoms with van der Waals surface area (Å²) >= 11 is 0. The average molecular weight is 276 g/mol. The van der Waals surface area contributed by atoms with Gasteiger partial charge in [-0.3, -0.25) is 4.79 Å². The van der Waals surface area contributed by atoms with Crippen LogP contribution in [-0.2, 0) is 4.79 Å². The number of hydrogen-bond donors (Lipinski definition) is 1. The van der Waals surface area contributed by atoms with Gasteiger partial charge in [-0.15, -0.1) is 0 Å². The Morgan fingerprint density at radius 2 is 1.65 bits per heavy atom. The molecule has 0 aromatic carbocycles. The Bertz CT molecular complexity index is 376. The third-order valence-corrected chi connectivity index (χ3v) is 6.66. The number of nitrogens with two attached hydrogens (primary N) is 1. The van der Waals surface area contributed by atoms with Crippen LogP contribution in [-0.4, -0.2) is 29.9 Å². The molecule has 4 bridgehead atoms. The highest BCUT2D eigenvalue weighted by Gasteiger charge is 2.50. The monoisotopic (exact) mass is 276 g/mol. The van der Waals surface area contributed by atoms with Crippen LogP contribution in [0, 0.1) is 29.6 Å². The maximum absolute atomic E-state index is 12.6. The zero-order valence-corrected chi connectivity index (χ0v) is 12.6. The summed E-state index contributed by atoms with van der Waals surface area (Å²) in [6, 6.07) is 0.642. The summed E-state index contributed by atoms with van der Waals surface area (Å²) in [5.74, 6) is 4.47. The van der Waals surface area contributed by atoms with Crippen LogP contribution >= 0.6 is 0 Å². The minimum absolute atomic E-state index is 0.113. The molecular formula is C17H28N2O. The first-order valence-corrected chi connectivity index (χ1v) is 8.63. The van der Waals surface area contributed by atoms with E-state index >= 15 is 0 Å². The second-order valence-corrected chi connectivity index (χ2v) is 8.13. The molecule has 5 fully saturated rings. The lowest BCUT2D eigenvalue weighted by molar-refractivity contribution is -0.141. The molecule has 20 heavy (non-hydrogen) atoms. The zero-order chi connectivity index (χ0) is 13.9. The third kappa shape index (κ3) is 2.18. The minimum atomic E-state index is 0.113. The van der Waals surface area contributed by atoms with Crippen LogP contribution in [0.5, 0.6) is 0 Å². The molecule has 1 unspecified atom stereocenters. The van der Waals surface area contributed by atoms with E-state index in [0.29, 0.717) is 24.3 Å². The molecule has 0 spiro atoms. The Hall–Kier alpha value is -0.570. The summed E-state index contributed by atoms with van der Waals surface area (Å²) < 4.78 is 0. The molecule has 3 nitrogen and oxygen atoms in total. The molecule has 0 aromatic rings. The molecule has 1 amide bonds. The van der Waals surface area contributed by atoms with Crippen molar-refractivity contribution in [1.82, 2.24) is 4.90 Å². The van der Waals surface area contributed by atoms with Gasteiger partial charge >= 0.3 is 0 Å². The van der Waals surface area contributed by atoms with Gasteiger partial charge < -0.3 is 10.6 Å². The van der Waals surface area contributed by atoms with Crippen molar-refractivity contribution in [3.63, 3.8) is 0 Å². The van der Waals surface area contributed by atoms with Crippen molar-refractivity contribution >= 4 is 5.91 Å². The Kier molecular flexibility index (Phi) is 3.10. The van der Waals surface area contributed by atoms with E-state index < -0.39 is 0 Å². The van der Waals surface area contributed by atoms with Crippen molar-refractivity contribution in [2.24, 2.45) is 35.3 Å². The van der Waals surface area contributed by atoms with E-state index in [4.69, 9.17) is 5.73 Å². The van der Waals surface area contributed by atoms with Crippen molar-refractivity contribution in [3.8, 4) is 0 Å². The van der Waals surface area contributed by atoms with E-state index in [2.05, 4.69) is 11.9 Å². The maximum Gasteiger partial charge on any atom is 0.224 e. The molecule has 5 aliphatic carbocycles. The predicted octanol–water partition coefficient (Wildman–Crippen LogP) is 2.40. The number of carbonyl (C=O) groups excluding carboxylic acids is 1. The van der Waals surface area contributed by atoms with Gasteiger partial charge in [0.1, 0.15) is 0 Å². The largest absolute Gasteiger partial charge is 0.342 e. The summed E-state index contributed by atoms with van der Waals surface area (Å²) in [6.07, 6.45) is 10.0. The molecule has 5 rings (SSSR count). The van der Waals surface area contributed by atoms with Crippen LogP contribution in [0.25, 0.3) is 0 Å². The van der Waals surface area contributed by atoms with Crippen LogP contribution in [0.1, 0.15) is 51.4 Å². The molecule has 0 aromatic heterocycles. The van der Waals surface area contributed by atoms with Crippen LogP contribution in [0.2, 0.25) is 0 Å². The Morgan fingerprint density at radius 3 is 2.15 bits per heavy atom. The summed E-state index contributed by atoms with van der Waals surface area (Å²) in [6.45, 7) is 0. The Labute approximate surface area is 122 Å². The first-order chi connectivity index (χ1) is 9.61. The smallest absolute Gasteiger partial charge is 0.224 e. The Balaban J connectivity index is 1.42. The molecule has 1 atom stereocenters. The predicted molar refractivity (Wildman–Crippen MR) is 78.9 cm³/mol. The summed E-state index contributed by atoms with van der Waals surface area (Å²) in [5, 5.41) is 0. The second-order valence-electron chi connectivity index (χ2n) is 8.13. The van der Waals surface area contributed by atoms with Gasteiger partial charge in [0.2, 0.25) is 5.91 Å². The lowest BCUT2D eigenvalue weighted by Crippen LogP contribution is -2.56. The lowest BCUT2D eigenvalue weighted by Gasteiger charge is -2.56. The first-order valence-electron chi connectivity index (χ1n) is 8.63. The van der Waals surface area contributed by atoms with Crippen molar-refractivity contribution in [2.75, 3.05) is 7.05 Å². The molecule has 112 valence electrons. The normalized spacial score (nSPS) is 43.6. The number of amides is 1. The summed E-state index contributed by atoms with van der Waals surface area (Å²) in [7, 11) is 2.05. The van der Waals surface area contributed by atoms with E-state index in [1.807, 2.05) is 0 Å². The van der Waals surface area contributed by atoms with E-state index in [-0.39, 0.29) is 6.04 Å². The van der Waals surface area contributed by atoms with Gasteiger partial charge in [0.25, 0.3) is 0 Å². The van der Waals surface area contributed by atoms with Gasteiger partial charge in [-0.1, -0.05) is 0 Å². The number of nitrogens with zero attached hydrogens (tertiary/aromatic N) is 1. The van der Waals surface area contributed by atoms with Crippen LogP contribution in [0.15, 0.2) is 0 Å². The maximum atomic E-state index is 12.6. The van der Waals surface area contributed by atoms with Gasteiger partial charge in [0.15, 0.2) is 0 Å². The lowest BCUT2D eigenvalue weighted by atomic mass is 9.54. The zero-order valence-electron chi connectivity index (χ0n) is 12.6. The highest BCUT2D eigenvalue weighted by molar-refractivity contribution is 5.77. The van der Waals surface area contributed by atoms with E-state index in [1.54, 1.807) is 0 Å². The van der Waals surface area contributed by atoms with Crippen molar-refractivity contribution in [2.45, 2.75) is 63.5 Å². The number of rotatable bonds is 4. The molecule has 0 heterocycles. The minimum Gasteiger partial charge on any atom is -0.342 e. The first kappa shape index (κ1) is 13.1. The quantitative estimate of drug-likeness (QED) is 0.857.